The quantitative estimate of drug-likeness (QED) is 0.254. The van der Waals surface area contributed by atoms with Gasteiger partial charge in [-0.25, -0.2) is 0 Å². The zero-order valence-electron chi connectivity index (χ0n) is 20.0. The van der Waals surface area contributed by atoms with Gasteiger partial charge in [-0.05, 0) is 84.6 Å². The lowest BCUT2D eigenvalue weighted by molar-refractivity contribution is 0.697. The van der Waals surface area contributed by atoms with Gasteiger partial charge in [-0.3, -0.25) is 0 Å². The summed E-state index contributed by atoms with van der Waals surface area (Å²) < 4.78 is 1.52. The van der Waals surface area contributed by atoms with E-state index in [2.05, 4.69) is 124 Å². The van der Waals surface area contributed by atoms with E-state index in [4.69, 9.17) is 0 Å². The minimum Gasteiger partial charge on any atom is -0.311 e. The fraction of sp³-hybridized carbons (Fsp3) is 0.125. The van der Waals surface area contributed by atoms with Crippen LogP contribution < -0.4 is 25.5 Å². The first kappa shape index (κ1) is 20.4. The van der Waals surface area contributed by atoms with E-state index in [0.717, 1.165) is 0 Å². The third kappa shape index (κ3) is 2.79. The molecule has 0 spiro atoms. The number of fused-ring (bicyclic) bond motifs is 6. The number of hydrogen-bond acceptors (Lipinski definition) is 3. The number of para-hydroxylation sites is 3. The van der Waals surface area contributed by atoms with Crippen molar-refractivity contribution in [1.82, 2.24) is 0 Å². The van der Waals surface area contributed by atoms with Gasteiger partial charge in [0.25, 0.3) is 6.71 Å². The molecule has 5 aromatic rings. The molecule has 0 atom stereocenters. The van der Waals surface area contributed by atoms with E-state index in [0.29, 0.717) is 0 Å². The van der Waals surface area contributed by atoms with Crippen LogP contribution in [0.2, 0.25) is 0 Å². The number of aryl methyl sites for hydroxylation is 1. The topological polar surface area (TPSA) is 6.48 Å². The van der Waals surface area contributed by atoms with E-state index in [1.165, 1.54) is 75.5 Å². The largest absolute Gasteiger partial charge is 0.311 e. The second-order valence-electron chi connectivity index (χ2n) is 9.97. The van der Waals surface area contributed by atoms with Crippen LogP contribution >= 0.6 is 11.3 Å². The molecule has 0 amide bonds. The van der Waals surface area contributed by atoms with E-state index < -0.39 is 0 Å². The SMILES string of the molecule is c1ccc(N2c3ccccc3B3c4sc5c(c4N(c4ccccc4)c4cccc2c43)CCCC5)cc1. The van der Waals surface area contributed by atoms with E-state index in [1.54, 1.807) is 10.4 Å². The lowest BCUT2D eigenvalue weighted by Gasteiger charge is -2.43. The van der Waals surface area contributed by atoms with Crippen molar-refractivity contribution in [2.24, 2.45) is 0 Å². The summed E-state index contributed by atoms with van der Waals surface area (Å²) >= 11 is 2.08. The molecule has 2 nitrogen and oxygen atoms in total. The summed E-state index contributed by atoms with van der Waals surface area (Å²) in [6, 6.07) is 37.8. The molecule has 1 aromatic heterocycles. The van der Waals surface area contributed by atoms with Crippen LogP contribution in [-0.2, 0) is 12.8 Å². The van der Waals surface area contributed by atoms with Crippen LogP contribution in [0.4, 0.5) is 34.1 Å². The van der Waals surface area contributed by atoms with Crippen molar-refractivity contribution in [2.75, 3.05) is 9.80 Å². The van der Waals surface area contributed by atoms with Gasteiger partial charge in [0.1, 0.15) is 0 Å². The molecule has 3 aliphatic rings. The lowest BCUT2D eigenvalue weighted by atomic mass is 9.36. The Morgan fingerprint density at radius 1 is 0.583 bits per heavy atom. The number of anilines is 6. The van der Waals surface area contributed by atoms with Crippen LogP contribution in [0.1, 0.15) is 23.3 Å². The predicted molar refractivity (Wildman–Crippen MR) is 155 cm³/mol. The summed E-state index contributed by atoms with van der Waals surface area (Å²) in [4.78, 5) is 6.64. The first-order valence-corrected chi connectivity index (χ1v) is 13.8. The van der Waals surface area contributed by atoms with Crippen LogP contribution in [0, 0.1) is 0 Å². The Balaban J connectivity index is 1.48. The van der Waals surface area contributed by atoms with Crippen LogP contribution in [0.15, 0.2) is 103 Å². The molecule has 0 N–H and O–H groups in total. The van der Waals surface area contributed by atoms with Gasteiger partial charge in [0.05, 0.1) is 5.69 Å². The van der Waals surface area contributed by atoms with Crippen LogP contribution in [0.3, 0.4) is 0 Å². The van der Waals surface area contributed by atoms with Crippen LogP contribution in [-0.4, -0.2) is 6.71 Å². The van der Waals surface area contributed by atoms with Crippen molar-refractivity contribution in [3.8, 4) is 0 Å². The number of benzene rings is 4. The molecule has 0 radical (unpaired) electrons. The Labute approximate surface area is 216 Å². The minimum absolute atomic E-state index is 0.262. The van der Waals surface area contributed by atoms with Gasteiger partial charge in [0.2, 0.25) is 0 Å². The molecule has 1 aliphatic carbocycles. The van der Waals surface area contributed by atoms with E-state index in [9.17, 15) is 0 Å². The highest BCUT2D eigenvalue weighted by Gasteiger charge is 2.45. The maximum absolute atomic E-state index is 2.57. The Kier molecular flexibility index (Phi) is 4.47. The summed E-state index contributed by atoms with van der Waals surface area (Å²) in [5.74, 6) is 0. The molecule has 0 saturated heterocycles. The van der Waals surface area contributed by atoms with E-state index in [-0.39, 0.29) is 6.71 Å². The zero-order valence-corrected chi connectivity index (χ0v) is 20.8. The highest BCUT2D eigenvalue weighted by molar-refractivity contribution is 7.29. The number of nitrogens with zero attached hydrogens (tertiary/aromatic N) is 2. The summed E-state index contributed by atoms with van der Waals surface area (Å²) in [7, 11) is 0. The molecule has 0 saturated carbocycles. The van der Waals surface area contributed by atoms with Crippen LogP contribution in [0.25, 0.3) is 0 Å². The molecule has 36 heavy (non-hydrogen) atoms. The zero-order chi connectivity index (χ0) is 23.6. The second-order valence-corrected chi connectivity index (χ2v) is 11.1. The fourth-order valence-electron chi connectivity index (χ4n) is 6.55. The third-order valence-corrected chi connectivity index (χ3v) is 9.35. The van der Waals surface area contributed by atoms with Crippen LogP contribution in [0.5, 0.6) is 0 Å². The molecule has 8 rings (SSSR count). The van der Waals surface area contributed by atoms with Crippen molar-refractivity contribution in [3.63, 3.8) is 0 Å². The average Bonchev–Trinajstić information content (AvgIpc) is 3.33. The standard InChI is InChI=1S/C32H25BN2S/c1-3-12-22(13-4-1)34-26-18-9-8-17-25(26)33-30-27(34)19-11-20-28(30)35(23-14-5-2-6-15-23)31-24-16-7-10-21-29(24)36-32(31)33/h1-6,8-9,11-15,17-20H,7,10,16,21H2. The molecule has 4 heteroatoms. The number of thiophene rings is 1. The normalized spacial score (nSPS) is 15.2. The molecule has 0 bridgehead atoms. The van der Waals surface area contributed by atoms with E-state index >= 15 is 0 Å². The first-order valence-electron chi connectivity index (χ1n) is 13.0. The molecular weight excluding hydrogens is 455 g/mol. The predicted octanol–water partition coefficient (Wildman–Crippen LogP) is 6.71. The smallest absolute Gasteiger partial charge is 0.264 e. The van der Waals surface area contributed by atoms with E-state index in [1.807, 2.05) is 0 Å². The summed E-state index contributed by atoms with van der Waals surface area (Å²) in [6.45, 7) is 0.262. The van der Waals surface area contributed by atoms with Gasteiger partial charge >= 0.3 is 0 Å². The van der Waals surface area contributed by atoms with Gasteiger partial charge in [-0.1, -0.05) is 60.7 Å². The fourth-order valence-corrected chi connectivity index (χ4v) is 8.06. The number of hydrogen-bond donors (Lipinski definition) is 0. The monoisotopic (exact) mass is 480 g/mol. The van der Waals surface area contributed by atoms with Gasteiger partial charge < -0.3 is 9.80 Å². The maximum Gasteiger partial charge on any atom is 0.264 e. The lowest BCUT2D eigenvalue weighted by Crippen LogP contribution is -2.60. The maximum atomic E-state index is 2.57. The highest BCUT2D eigenvalue weighted by Crippen LogP contribution is 2.47. The summed E-state index contributed by atoms with van der Waals surface area (Å²) in [6.07, 6.45) is 4.99. The van der Waals surface area contributed by atoms with Gasteiger partial charge in [0, 0.05) is 38.1 Å². The molecule has 3 heterocycles. The second kappa shape index (κ2) is 7.87. The summed E-state index contributed by atoms with van der Waals surface area (Å²) in [5, 5.41) is 0. The summed E-state index contributed by atoms with van der Waals surface area (Å²) in [5.41, 5.74) is 12.2. The van der Waals surface area contributed by atoms with Crippen molar-refractivity contribution in [2.45, 2.75) is 25.7 Å². The minimum atomic E-state index is 0.262. The van der Waals surface area contributed by atoms with Crippen molar-refractivity contribution in [1.29, 1.82) is 0 Å². The average molecular weight is 480 g/mol. The molecule has 0 unspecified atom stereocenters. The third-order valence-electron chi connectivity index (χ3n) is 8.00. The van der Waals surface area contributed by atoms with Crippen molar-refractivity contribution in [3.05, 3.63) is 114 Å². The molecular formula is C32H25BN2S. The van der Waals surface area contributed by atoms with Gasteiger partial charge in [-0.2, -0.15) is 11.3 Å². The molecule has 2 aliphatic heterocycles. The van der Waals surface area contributed by atoms with Crippen molar-refractivity contribution < 1.29 is 0 Å². The molecule has 4 aromatic carbocycles. The van der Waals surface area contributed by atoms with Gasteiger partial charge in [0.15, 0.2) is 0 Å². The Bertz CT molecular complexity index is 1610. The Hall–Kier alpha value is -3.76. The highest BCUT2D eigenvalue weighted by atomic mass is 32.1. The first-order chi connectivity index (χ1) is 17.9. The number of rotatable bonds is 2. The Morgan fingerprint density at radius 2 is 1.19 bits per heavy atom. The van der Waals surface area contributed by atoms with Crippen molar-refractivity contribution >= 4 is 67.9 Å². The molecule has 172 valence electrons. The molecule has 0 fully saturated rings. The Morgan fingerprint density at radius 3 is 1.97 bits per heavy atom. The van der Waals surface area contributed by atoms with Gasteiger partial charge in [-0.15, -0.1) is 0 Å².